The fourth-order valence-electron chi connectivity index (χ4n) is 1.29. The monoisotopic (exact) mass is 288 g/mol. The molecule has 0 aliphatic heterocycles. The molecular formula is C12H17ClN2O4. The van der Waals surface area contributed by atoms with Crippen LogP contribution in [0.4, 0.5) is 0 Å². The maximum absolute atomic E-state index is 11.3. The Hall–Kier alpha value is -1.63. The van der Waals surface area contributed by atoms with Crippen LogP contribution in [0.1, 0.15) is 15.9 Å². The number of carbonyl (C=O) groups is 2. The predicted molar refractivity (Wildman–Crippen MR) is 71.9 cm³/mol. The Bertz CT molecular complexity index is 439. The molecule has 1 amide bonds. The smallest absolute Gasteiger partial charge is 0.337 e. The molecule has 0 aliphatic rings. The van der Waals surface area contributed by atoms with E-state index in [4.69, 9.17) is 16.2 Å². The number of ether oxygens (including phenoxy) is 2. The number of methoxy groups -OCH3 is 1. The molecule has 1 aromatic rings. The maximum Gasteiger partial charge on any atom is 0.337 e. The van der Waals surface area contributed by atoms with Crippen LogP contribution in [-0.2, 0) is 20.9 Å². The van der Waals surface area contributed by atoms with E-state index >= 15 is 0 Å². The number of amides is 1. The van der Waals surface area contributed by atoms with Gasteiger partial charge in [0.05, 0.1) is 25.9 Å². The summed E-state index contributed by atoms with van der Waals surface area (Å²) in [6.07, 6.45) is 0. The van der Waals surface area contributed by atoms with E-state index in [1.165, 1.54) is 7.11 Å². The molecule has 4 N–H and O–H groups in total. The maximum atomic E-state index is 11.3. The summed E-state index contributed by atoms with van der Waals surface area (Å²) in [6.45, 7) is 0.281. The van der Waals surface area contributed by atoms with Gasteiger partial charge in [0.2, 0.25) is 5.91 Å². The van der Waals surface area contributed by atoms with E-state index in [1.54, 1.807) is 24.3 Å². The lowest BCUT2D eigenvalue weighted by Gasteiger charge is -2.09. The third-order valence-corrected chi connectivity index (χ3v) is 2.28. The molecular weight excluding hydrogens is 272 g/mol. The number of carbonyl (C=O) groups excluding carboxylic acids is 2. The van der Waals surface area contributed by atoms with Gasteiger partial charge in [-0.1, -0.05) is 12.1 Å². The number of hydrogen-bond acceptors (Lipinski definition) is 5. The highest BCUT2D eigenvalue weighted by Crippen LogP contribution is 2.08. The molecule has 0 aromatic heterocycles. The number of hydrogen-bond donors (Lipinski definition) is 2. The third-order valence-electron chi connectivity index (χ3n) is 2.28. The number of benzene rings is 1. The van der Waals surface area contributed by atoms with Gasteiger partial charge in [-0.25, -0.2) is 4.79 Å². The molecule has 0 heterocycles. The zero-order chi connectivity index (χ0) is 13.5. The summed E-state index contributed by atoms with van der Waals surface area (Å²) in [4.78, 5) is 22.0. The SMILES string of the molecule is COC(=O)c1cccc(COCC(N)C(N)=O)c1.Cl. The van der Waals surface area contributed by atoms with E-state index < -0.39 is 17.9 Å². The van der Waals surface area contributed by atoms with Gasteiger partial charge in [-0.15, -0.1) is 12.4 Å². The Balaban J connectivity index is 0.00000324. The van der Waals surface area contributed by atoms with Gasteiger partial charge >= 0.3 is 5.97 Å². The summed E-state index contributed by atoms with van der Waals surface area (Å²) < 4.78 is 9.84. The standard InChI is InChI=1S/C12H16N2O4.ClH/c1-17-12(16)9-4-2-3-8(5-9)6-18-7-10(13)11(14)15;/h2-5,10H,6-7,13H2,1H3,(H2,14,15);1H. The Kier molecular flexibility index (Phi) is 7.74. The minimum atomic E-state index is -0.825. The summed E-state index contributed by atoms with van der Waals surface area (Å²) in [5, 5.41) is 0. The molecule has 106 valence electrons. The Labute approximate surface area is 117 Å². The molecule has 1 aromatic carbocycles. The van der Waals surface area contributed by atoms with Crippen LogP contribution < -0.4 is 11.5 Å². The van der Waals surface area contributed by atoms with Gasteiger partial charge in [0.15, 0.2) is 0 Å². The number of nitrogens with two attached hydrogens (primary N) is 2. The second kappa shape index (κ2) is 8.47. The van der Waals surface area contributed by atoms with Gasteiger partial charge in [-0.3, -0.25) is 4.79 Å². The summed E-state index contributed by atoms with van der Waals surface area (Å²) in [7, 11) is 1.32. The van der Waals surface area contributed by atoms with Gasteiger partial charge in [-0.2, -0.15) is 0 Å². The summed E-state index contributed by atoms with van der Waals surface area (Å²) in [6, 6.07) is 5.99. The van der Waals surface area contributed by atoms with E-state index in [0.717, 1.165) is 5.56 Å². The van der Waals surface area contributed by atoms with Crippen molar-refractivity contribution in [3.05, 3.63) is 35.4 Å². The van der Waals surface area contributed by atoms with Crippen LogP contribution >= 0.6 is 12.4 Å². The first-order chi connectivity index (χ1) is 8.54. The molecule has 0 radical (unpaired) electrons. The normalized spacial score (nSPS) is 11.3. The van der Waals surface area contributed by atoms with Crippen LogP contribution in [0.3, 0.4) is 0 Å². The zero-order valence-corrected chi connectivity index (χ0v) is 11.3. The largest absolute Gasteiger partial charge is 0.465 e. The Morgan fingerprint density at radius 1 is 1.37 bits per heavy atom. The van der Waals surface area contributed by atoms with Crippen molar-refractivity contribution in [3.8, 4) is 0 Å². The van der Waals surface area contributed by atoms with Crippen molar-refractivity contribution in [2.75, 3.05) is 13.7 Å². The lowest BCUT2D eigenvalue weighted by atomic mass is 10.1. The van der Waals surface area contributed by atoms with Crippen LogP contribution in [0.25, 0.3) is 0 Å². The molecule has 6 nitrogen and oxygen atoms in total. The van der Waals surface area contributed by atoms with Gasteiger partial charge in [0.1, 0.15) is 6.04 Å². The van der Waals surface area contributed by atoms with E-state index in [0.29, 0.717) is 5.56 Å². The second-order valence-corrected chi connectivity index (χ2v) is 3.72. The molecule has 1 unspecified atom stereocenters. The molecule has 7 heteroatoms. The number of rotatable bonds is 6. The Morgan fingerprint density at radius 3 is 2.63 bits per heavy atom. The second-order valence-electron chi connectivity index (χ2n) is 3.72. The molecule has 0 bridgehead atoms. The highest BCUT2D eigenvalue weighted by Gasteiger charge is 2.09. The van der Waals surface area contributed by atoms with Crippen molar-refractivity contribution in [3.63, 3.8) is 0 Å². The minimum absolute atomic E-state index is 0. The molecule has 1 atom stereocenters. The van der Waals surface area contributed by atoms with Gasteiger partial charge in [0, 0.05) is 0 Å². The van der Waals surface area contributed by atoms with Crippen LogP contribution in [0, 0.1) is 0 Å². The van der Waals surface area contributed by atoms with E-state index in [-0.39, 0.29) is 25.6 Å². The van der Waals surface area contributed by atoms with Crippen LogP contribution in [0.15, 0.2) is 24.3 Å². The van der Waals surface area contributed by atoms with E-state index in [9.17, 15) is 9.59 Å². The minimum Gasteiger partial charge on any atom is -0.465 e. The molecule has 0 aliphatic carbocycles. The summed E-state index contributed by atoms with van der Waals surface area (Å²) in [5.41, 5.74) is 11.6. The lowest BCUT2D eigenvalue weighted by molar-refractivity contribution is -0.120. The molecule has 0 spiro atoms. The average Bonchev–Trinajstić information content (AvgIpc) is 2.37. The average molecular weight is 289 g/mol. The number of primary amides is 1. The molecule has 1 rings (SSSR count). The first-order valence-electron chi connectivity index (χ1n) is 5.34. The highest BCUT2D eigenvalue weighted by molar-refractivity contribution is 5.89. The van der Waals surface area contributed by atoms with Crippen molar-refractivity contribution < 1.29 is 19.1 Å². The first-order valence-corrected chi connectivity index (χ1v) is 5.34. The Morgan fingerprint density at radius 2 is 2.05 bits per heavy atom. The predicted octanol–water partition coefficient (Wildman–Crippen LogP) is 0.224. The van der Waals surface area contributed by atoms with Gasteiger partial charge in [-0.05, 0) is 17.7 Å². The van der Waals surface area contributed by atoms with Crippen molar-refractivity contribution in [2.24, 2.45) is 11.5 Å². The van der Waals surface area contributed by atoms with E-state index in [2.05, 4.69) is 4.74 Å². The van der Waals surface area contributed by atoms with Crippen molar-refractivity contribution in [2.45, 2.75) is 12.6 Å². The quantitative estimate of drug-likeness (QED) is 0.729. The summed E-state index contributed by atoms with van der Waals surface area (Å²) in [5.74, 6) is -1.02. The number of halogens is 1. The molecule has 0 saturated carbocycles. The third kappa shape index (κ3) is 5.69. The molecule has 0 saturated heterocycles. The van der Waals surface area contributed by atoms with E-state index in [1.807, 2.05) is 0 Å². The van der Waals surface area contributed by atoms with Crippen molar-refractivity contribution >= 4 is 24.3 Å². The zero-order valence-electron chi connectivity index (χ0n) is 10.5. The van der Waals surface area contributed by atoms with Crippen LogP contribution in [0.5, 0.6) is 0 Å². The lowest BCUT2D eigenvalue weighted by Crippen LogP contribution is -2.40. The molecule has 0 fully saturated rings. The molecule has 19 heavy (non-hydrogen) atoms. The van der Waals surface area contributed by atoms with Gasteiger partial charge in [0.25, 0.3) is 0 Å². The topological polar surface area (TPSA) is 105 Å². The van der Waals surface area contributed by atoms with Crippen molar-refractivity contribution in [1.82, 2.24) is 0 Å². The van der Waals surface area contributed by atoms with Gasteiger partial charge < -0.3 is 20.9 Å². The fraction of sp³-hybridized carbons (Fsp3) is 0.333. The van der Waals surface area contributed by atoms with Crippen molar-refractivity contribution in [1.29, 1.82) is 0 Å². The summed E-state index contributed by atoms with van der Waals surface area (Å²) >= 11 is 0. The highest BCUT2D eigenvalue weighted by atomic mass is 35.5. The fourth-order valence-corrected chi connectivity index (χ4v) is 1.29. The first kappa shape index (κ1) is 17.4. The number of esters is 1. The van der Waals surface area contributed by atoms with Crippen LogP contribution in [0.2, 0.25) is 0 Å². The van der Waals surface area contributed by atoms with Crippen LogP contribution in [-0.4, -0.2) is 31.6 Å².